The third-order valence-electron chi connectivity index (χ3n) is 2.34. The molecule has 3 nitrogen and oxygen atoms in total. The van der Waals surface area contributed by atoms with Gasteiger partial charge in [0.15, 0.2) is 0 Å². The lowest BCUT2D eigenvalue weighted by Crippen LogP contribution is -2.00. The van der Waals surface area contributed by atoms with Gasteiger partial charge in [-0.1, -0.05) is 27.4 Å². The number of fused-ring (bicyclic) bond motifs is 1. The fraction of sp³-hybridized carbons (Fsp3) is 0.273. The van der Waals surface area contributed by atoms with Gasteiger partial charge in [0.25, 0.3) is 0 Å². The van der Waals surface area contributed by atoms with E-state index in [1.807, 2.05) is 35.1 Å². The van der Waals surface area contributed by atoms with Crippen molar-refractivity contribution >= 4 is 25.7 Å². The Bertz CT molecular complexity index is 478. The van der Waals surface area contributed by atoms with E-state index in [0.29, 0.717) is 6.42 Å². The summed E-state index contributed by atoms with van der Waals surface area (Å²) in [6.07, 6.45) is 3.30. The van der Waals surface area contributed by atoms with Gasteiger partial charge in [-0.15, -0.1) is 0 Å². The summed E-state index contributed by atoms with van der Waals surface area (Å²) in [5.74, 6) is 0. The Morgan fingerprint density at radius 3 is 3.00 bits per heavy atom. The molecule has 0 saturated heterocycles. The van der Waals surface area contributed by atoms with E-state index in [0.717, 1.165) is 23.9 Å². The Balaban J connectivity index is 2.11. The minimum atomic E-state index is 0.159. The Labute approximate surface area is 90.7 Å². The molecule has 78 valence electrons. The predicted molar refractivity (Wildman–Crippen MR) is 63.7 cm³/mol. The molecular formula is C11H13N2OP. The SMILES string of the molecule is O=C(P)CCCn1ncc2ccccc21. The van der Waals surface area contributed by atoms with Crippen LogP contribution in [0.25, 0.3) is 10.9 Å². The fourth-order valence-electron chi connectivity index (χ4n) is 1.61. The van der Waals surface area contributed by atoms with Crippen LogP contribution >= 0.6 is 9.24 Å². The van der Waals surface area contributed by atoms with Gasteiger partial charge in [0.05, 0.1) is 11.7 Å². The van der Waals surface area contributed by atoms with Crippen LogP contribution in [0.15, 0.2) is 30.5 Å². The molecule has 1 aromatic heterocycles. The highest BCUT2D eigenvalue weighted by Gasteiger charge is 2.01. The lowest BCUT2D eigenvalue weighted by molar-refractivity contribution is -0.111. The summed E-state index contributed by atoms with van der Waals surface area (Å²) in [7, 11) is 2.20. The Morgan fingerprint density at radius 2 is 2.20 bits per heavy atom. The fourth-order valence-corrected chi connectivity index (χ4v) is 1.81. The van der Waals surface area contributed by atoms with Crippen LogP contribution in [0.2, 0.25) is 0 Å². The molecule has 2 aromatic rings. The van der Waals surface area contributed by atoms with Crippen LogP contribution in [-0.2, 0) is 11.3 Å². The van der Waals surface area contributed by atoms with E-state index in [1.165, 1.54) is 0 Å². The molecule has 0 saturated carbocycles. The number of aromatic nitrogens is 2. The number of carbonyl (C=O) groups excluding carboxylic acids is 1. The molecular weight excluding hydrogens is 207 g/mol. The highest BCUT2D eigenvalue weighted by Crippen LogP contribution is 2.13. The average Bonchev–Trinajstić information content (AvgIpc) is 2.62. The van der Waals surface area contributed by atoms with Crippen molar-refractivity contribution in [1.29, 1.82) is 0 Å². The van der Waals surface area contributed by atoms with E-state index >= 15 is 0 Å². The number of hydrogen-bond acceptors (Lipinski definition) is 2. The molecule has 0 spiro atoms. The summed E-state index contributed by atoms with van der Waals surface area (Å²) in [6.45, 7) is 0.799. The highest BCUT2D eigenvalue weighted by molar-refractivity contribution is 7.40. The van der Waals surface area contributed by atoms with E-state index < -0.39 is 0 Å². The van der Waals surface area contributed by atoms with E-state index in [2.05, 4.69) is 14.3 Å². The van der Waals surface area contributed by atoms with E-state index in [1.54, 1.807) is 0 Å². The third-order valence-corrected chi connectivity index (χ3v) is 2.63. The average molecular weight is 220 g/mol. The lowest BCUT2D eigenvalue weighted by Gasteiger charge is -2.01. The smallest absolute Gasteiger partial charge is 0.148 e. The van der Waals surface area contributed by atoms with Crippen LogP contribution in [-0.4, -0.2) is 15.3 Å². The normalized spacial score (nSPS) is 10.7. The largest absolute Gasteiger partial charge is 0.295 e. The second-order valence-corrected chi connectivity index (χ2v) is 4.14. The summed E-state index contributed by atoms with van der Waals surface area (Å²) < 4.78 is 1.95. The van der Waals surface area contributed by atoms with E-state index in [-0.39, 0.29) is 5.52 Å². The van der Waals surface area contributed by atoms with Crippen molar-refractivity contribution in [2.75, 3.05) is 0 Å². The van der Waals surface area contributed by atoms with E-state index in [4.69, 9.17) is 0 Å². The van der Waals surface area contributed by atoms with Gasteiger partial charge in [-0.2, -0.15) is 5.10 Å². The first-order valence-corrected chi connectivity index (χ1v) is 5.54. The second-order valence-electron chi connectivity index (χ2n) is 3.50. The topological polar surface area (TPSA) is 34.9 Å². The minimum Gasteiger partial charge on any atom is -0.295 e. The standard InChI is InChI=1S/C11H13N2OP/c14-11(15)6-3-7-13-10-5-2-1-4-9(10)8-12-13/h1-2,4-5,8H,3,6-7,15H2. The van der Waals surface area contributed by atoms with Crippen LogP contribution in [0.5, 0.6) is 0 Å². The lowest BCUT2D eigenvalue weighted by atomic mass is 10.2. The Morgan fingerprint density at radius 1 is 1.40 bits per heavy atom. The maximum atomic E-state index is 10.8. The molecule has 15 heavy (non-hydrogen) atoms. The molecule has 1 aromatic carbocycles. The van der Waals surface area contributed by atoms with Crippen molar-refractivity contribution in [1.82, 2.24) is 9.78 Å². The van der Waals surface area contributed by atoms with Gasteiger partial charge in [0, 0.05) is 18.4 Å². The van der Waals surface area contributed by atoms with Crippen molar-refractivity contribution in [3.8, 4) is 0 Å². The zero-order valence-corrected chi connectivity index (χ0v) is 9.54. The number of para-hydroxylation sites is 1. The molecule has 0 aliphatic heterocycles. The summed E-state index contributed by atoms with van der Waals surface area (Å²) in [5.41, 5.74) is 1.29. The van der Waals surface area contributed by atoms with Crippen LogP contribution < -0.4 is 0 Å². The first-order valence-electron chi connectivity index (χ1n) is 4.96. The molecule has 0 aliphatic rings. The van der Waals surface area contributed by atoms with Gasteiger partial charge < -0.3 is 0 Å². The molecule has 0 fully saturated rings. The number of carbonyl (C=O) groups is 1. The number of hydrogen-bond donors (Lipinski definition) is 0. The molecule has 0 bridgehead atoms. The molecule has 0 amide bonds. The van der Waals surface area contributed by atoms with Gasteiger partial charge in [-0.25, -0.2) is 0 Å². The van der Waals surface area contributed by atoms with E-state index in [9.17, 15) is 4.79 Å². The van der Waals surface area contributed by atoms with Crippen molar-refractivity contribution in [3.05, 3.63) is 30.5 Å². The maximum absolute atomic E-state index is 10.8. The quantitative estimate of drug-likeness (QED) is 0.740. The van der Waals surface area contributed by atoms with Gasteiger partial charge in [-0.3, -0.25) is 9.48 Å². The summed E-state index contributed by atoms with van der Waals surface area (Å²) in [6, 6.07) is 8.09. The van der Waals surface area contributed by atoms with Crippen molar-refractivity contribution < 1.29 is 4.79 Å². The molecule has 0 N–H and O–H groups in total. The maximum Gasteiger partial charge on any atom is 0.148 e. The van der Waals surface area contributed by atoms with Crippen LogP contribution in [0, 0.1) is 0 Å². The van der Waals surface area contributed by atoms with Gasteiger partial charge in [-0.05, 0) is 12.5 Å². The summed E-state index contributed by atoms with van der Waals surface area (Å²) in [5, 5.41) is 5.44. The first kappa shape index (κ1) is 10.3. The third kappa shape index (κ3) is 2.42. The summed E-state index contributed by atoms with van der Waals surface area (Å²) in [4.78, 5) is 10.8. The van der Waals surface area contributed by atoms with Gasteiger partial charge in [0.2, 0.25) is 0 Å². The molecule has 0 radical (unpaired) electrons. The predicted octanol–water partition coefficient (Wildman–Crippen LogP) is 2.22. The van der Waals surface area contributed by atoms with Gasteiger partial charge >= 0.3 is 0 Å². The zero-order valence-electron chi connectivity index (χ0n) is 8.39. The number of benzene rings is 1. The minimum absolute atomic E-state index is 0.159. The zero-order chi connectivity index (χ0) is 10.7. The number of aryl methyl sites for hydroxylation is 1. The molecule has 1 atom stereocenters. The Kier molecular flexibility index (Phi) is 3.12. The molecule has 2 rings (SSSR count). The molecule has 0 aliphatic carbocycles. The number of rotatable bonds is 4. The number of nitrogens with zero attached hydrogens (tertiary/aromatic N) is 2. The first-order chi connectivity index (χ1) is 7.27. The van der Waals surface area contributed by atoms with Crippen molar-refractivity contribution in [2.45, 2.75) is 19.4 Å². The van der Waals surface area contributed by atoms with Crippen LogP contribution in [0.1, 0.15) is 12.8 Å². The Hall–Kier alpha value is -1.21. The highest BCUT2D eigenvalue weighted by atomic mass is 31.0. The van der Waals surface area contributed by atoms with Crippen LogP contribution in [0.4, 0.5) is 0 Å². The second kappa shape index (κ2) is 4.54. The molecule has 1 unspecified atom stereocenters. The monoisotopic (exact) mass is 220 g/mol. The van der Waals surface area contributed by atoms with Crippen LogP contribution in [0.3, 0.4) is 0 Å². The van der Waals surface area contributed by atoms with Crippen molar-refractivity contribution in [2.24, 2.45) is 0 Å². The van der Waals surface area contributed by atoms with Gasteiger partial charge in [0.1, 0.15) is 5.52 Å². The van der Waals surface area contributed by atoms with Crippen molar-refractivity contribution in [3.63, 3.8) is 0 Å². The molecule has 4 heteroatoms. The summed E-state index contributed by atoms with van der Waals surface area (Å²) >= 11 is 0. The molecule has 1 heterocycles.